The molecule has 1 rings (SSSR count). The van der Waals surface area contributed by atoms with E-state index in [0.717, 1.165) is 37.2 Å². The zero-order valence-electron chi connectivity index (χ0n) is 11.3. The second-order valence-electron chi connectivity index (χ2n) is 4.28. The fraction of sp³-hybridized carbons (Fsp3) is 0.571. The second-order valence-corrected chi connectivity index (χ2v) is 4.28. The van der Waals surface area contributed by atoms with Crippen LogP contribution in [0.25, 0.3) is 0 Å². The Morgan fingerprint density at radius 1 is 1.28 bits per heavy atom. The van der Waals surface area contributed by atoms with E-state index in [1.54, 1.807) is 14.2 Å². The first-order chi connectivity index (χ1) is 8.81. The van der Waals surface area contributed by atoms with E-state index in [2.05, 4.69) is 11.4 Å². The molecule has 1 unspecified atom stereocenters. The lowest BCUT2D eigenvalue weighted by Crippen LogP contribution is -2.33. The van der Waals surface area contributed by atoms with Crippen molar-refractivity contribution in [2.24, 2.45) is 5.73 Å². The smallest absolute Gasteiger partial charge is 0.123 e. The third-order valence-electron chi connectivity index (χ3n) is 2.90. The van der Waals surface area contributed by atoms with Crippen LogP contribution in [0.3, 0.4) is 0 Å². The number of ether oxygens (including phenoxy) is 2. The van der Waals surface area contributed by atoms with Crippen molar-refractivity contribution in [3.8, 4) is 5.75 Å². The van der Waals surface area contributed by atoms with Crippen molar-refractivity contribution < 1.29 is 9.47 Å². The van der Waals surface area contributed by atoms with E-state index in [1.807, 2.05) is 18.2 Å². The first-order valence-electron chi connectivity index (χ1n) is 6.36. The quantitative estimate of drug-likeness (QED) is 0.700. The minimum Gasteiger partial charge on any atom is -0.496 e. The Hall–Kier alpha value is -1.10. The Kier molecular flexibility index (Phi) is 7.41. The van der Waals surface area contributed by atoms with Crippen molar-refractivity contribution in [1.29, 1.82) is 0 Å². The standard InChI is InChI=1S/C14H24N2O2/c1-17-11-13(7-5-9-15)16-10-12-6-3-4-8-14(12)18-2/h3-4,6,8,13,16H,5,7,9-11,15H2,1-2H3. The number of para-hydroxylation sites is 1. The summed E-state index contributed by atoms with van der Waals surface area (Å²) in [5.41, 5.74) is 6.70. The van der Waals surface area contributed by atoms with Crippen molar-refractivity contribution in [3.63, 3.8) is 0 Å². The van der Waals surface area contributed by atoms with Crippen LogP contribution < -0.4 is 15.8 Å². The lowest BCUT2D eigenvalue weighted by molar-refractivity contribution is 0.161. The van der Waals surface area contributed by atoms with Gasteiger partial charge in [-0.25, -0.2) is 0 Å². The maximum absolute atomic E-state index is 5.54. The average Bonchev–Trinajstić information content (AvgIpc) is 2.42. The molecule has 0 heterocycles. The summed E-state index contributed by atoms with van der Waals surface area (Å²) in [5, 5.41) is 3.49. The lowest BCUT2D eigenvalue weighted by Gasteiger charge is -2.18. The van der Waals surface area contributed by atoms with E-state index in [0.29, 0.717) is 12.6 Å². The van der Waals surface area contributed by atoms with Gasteiger partial charge in [0, 0.05) is 25.3 Å². The molecule has 0 fully saturated rings. The summed E-state index contributed by atoms with van der Waals surface area (Å²) < 4.78 is 10.5. The monoisotopic (exact) mass is 252 g/mol. The third kappa shape index (κ3) is 5.04. The second kappa shape index (κ2) is 8.91. The van der Waals surface area contributed by atoms with Crippen LogP contribution in [0.2, 0.25) is 0 Å². The number of benzene rings is 1. The maximum atomic E-state index is 5.54. The summed E-state index contributed by atoms with van der Waals surface area (Å²) in [6.07, 6.45) is 2.03. The molecule has 3 N–H and O–H groups in total. The predicted octanol–water partition coefficient (Wildman–Crippen LogP) is 1.54. The summed E-state index contributed by atoms with van der Waals surface area (Å²) in [4.78, 5) is 0. The number of rotatable bonds is 9. The lowest BCUT2D eigenvalue weighted by atomic mass is 10.1. The molecule has 18 heavy (non-hydrogen) atoms. The van der Waals surface area contributed by atoms with Gasteiger partial charge in [0.1, 0.15) is 5.75 Å². The average molecular weight is 252 g/mol. The van der Waals surface area contributed by atoms with Crippen LogP contribution in [0.1, 0.15) is 18.4 Å². The predicted molar refractivity (Wildman–Crippen MR) is 73.8 cm³/mol. The van der Waals surface area contributed by atoms with Crippen LogP contribution in [-0.2, 0) is 11.3 Å². The highest BCUT2D eigenvalue weighted by Crippen LogP contribution is 2.17. The van der Waals surface area contributed by atoms with E-state index in [4.69, 9.17) is 15.2 Å². The molecule has 1 atom stereocenters. The molecule has 0 saturated carbocycles. The molecule has 102 valence electrons. The van der Waals surface area contributed by atoms with Gasteiger partial charge < -0.3 is 20.5 Å². The number of nitrogens with one attached hydrogen (secondary N) is 1. The first-order valence-corrected chi connectivity index (χ1v) is 6.36. The van der Waals surface area contributed by atoms with Gasteiger partial charge in [0.15, 0.2) is 0 Å². The van der Waals surface area contributed by atoms with Gasteiger partial charge in [0.2, 0.25) is 0 Å². The molecule has 4 heteroatoms. The van der Waals surface area contributed by atoms with Gasteiger partial charge in [-0.1, -0.05) is 18.2 Å². The van der Waals surface area contributed by atoms with Gasteiger partial charge in [-0.3, -0.25) is 0 Å². The zero-order chi connectivity index (χ0) is 13.2. The fourth-order valence-electron chi connectivity index (χ4n) is 1.91. The number of hydrogen-bond acceptors (Lipinski definition) is 4. The molecule has 0 aromatic heterocycles. The highest BCUT2D eigenvalue weighted by atomic mass is 16.5. The molecular formula is C14H24N2O2. The highest BCUT2D eigenvalue weighted by Gasteiger charge is 2.09. The van der Waals surface area contributed by atoms with Gasteiger partial charge in [-0.05, 0) is 25.5 Å². The molecule has 1 aromatic carbocycles. The fourth-order valence-corrected chi connectivity index (χ4v) is 1.91. The van der Waals surface area contributed by atoms with Crippen LogP contribution in [-0.4, -0.2) is 33.4 Å². The van der Waals surface area contributed by atoms with Gasteiger partial charge in [0.05, 0.1) is 13.7 Å². The van der Waals surface area contributed by atoms with E-state index in [1.165, 1.54) is 0 Å². The molecule has 0 aliphatic heterocycles. The molecule has 1 aromatic rings. The summed E-state index contributed by atoms with van der Waals surface area (Å²) >= 11 is 0. The van der Waals surface area contributed by atoms with Crippen molar-refractivity contribution in [1.82, 2.24) is 5.32 Å². The molecule has 0 radical (unpaired) electrons. The molecule has 0 spiro atoms. The third-order valence-corrected chi connectivity index (χ3v) is 2.90. The Morgan fingerprint density at radius 2 is 2.06 bits per heavy atom. The SMILES string of the molecule is COCC(CCCN)NCc1ccccc1OC. The normalized spacial score (nSPS) is 12.4. The van der Waals surface area contributed by atoms with E-state index >= 15 is 0 Å². The van der Waals surface area contributed by atoms with Crippen molar-refractivity contribution in [2.45, 2.75) is 25.4 Å². The number of methoxy groups -OCH3 is 2. The zero-order valence-corrected chi connectivity index (χ0v) is 11.3. The summed E-state index contributed by atoms with van der Waals surface area (Å²) in [6.45, 7) is 2.20. The minimum atomic E-state index is 0.337. The van der Waals surface area contributed by atoms with Crippen LogP contribution in [0, 0.1) is 0 Å². The van der Waals surface area contributed by atoms with Gasteiger partial charge in [-0.15, -0.1) is 0 Å². The highest BCUT2D eigenvalue weighted by molar-refractivity contribution is 5.33. The Labute approximate surface area is 109 Å². The Balaban J connectivity index is 2.49. The van der Waals surface area contributed by atoms with Crippen molar-refractivity contribution in [3.05, 3.63) is 29.8 Å². The van der Waals surface area contributed by atoms with Gasteiger partial charge >= 0.3 is 0 Å². The van der Waals surface area contributed by atoms with Crippen molar-refractivity contribution >= 4 is 0 Å². The van der Waals surface area contributed by atoms with Crippen LogP contribution in [0.15, 0.2) is 24.3 Å². The summed E-state index contributed by atoms with van der Waals surface area (Å²) in [7, 11) is 3.42. The molecule has 0 bridgehead atoms. The number of hydrogen-bond donors (Lipinski definition) is 2. The van der Waals surface area contributed by atoms with Crippen LogP contribution in [0.4, 0.5) is 0 Å². The summed E-state index contributed by atoms with van der Waals surface area (Å²) in [5.74, 6) is 0.917. The van der Waals surface area contributed by atoms with Crippen molar-refractivity contribution in [2.75, 3.05) is 27.4 Å². The largest absolute Gasteiger partial charge is 0.496 e. The van der Waals surface area contributed by atoms with Crippen LogP contribution in [0.5, 0.6) is 5.75 Å². The molecule has 0 amide bonds. The van der Waals surface area contributed by atoms with E-state index in [9.17, 15) is 0 Å². The Bertz CT molecular complexity index is 331. The topological polar surface area (TPSA) is 56.5 Å². The maximum Gasteiger partial charge on any atom is 0.123 e. The minimum absolute atomic E-state index is 0.337. The molecule has 0 saturated heterocycles. The molecule has 0 aliphatic rings. The molecule has 0 aliphatic carbocycles. The number of nitrogens with two attached hydrogens (primary N) is 1. The van der Waals surface area contributed by atoms with Crippen LogP contribution >= 0.6 is 0 Å². The van der Waals surface area contributed by atoms with Gasteiger partial charge in [0.25, 0.3) is 0 Å². The molecular weight excluding hydrogens is 228 g/mol. The van der Waals surface area contributed by atoms with E-state index < -0.39 is 0 Å². The Morgan fingerprint density at radius 3 is 2.72 bits per heavy atom. The molecule has 4 nitrogen and oxygen atoms in total. The first kappa shape index (κ1) is 15.0. The van der Waals surface area contributed by atoms with E-state index in [-0.39, 0.29) is 0 Å². The summed E-state index contributed by atoms with van der Waals surface area (Å²) in [6, 6.07) is 8.37. The van der Waals surface area contributed by atoms with Gasteiger partial charge in [-0.2, -0.15) is 0 Å².